The minimum Gasteiger partial charge on any atom is -0.410 e. The summed E-state index contributed by atoms with van der Waals surface area (Å²) in [6.07, 6.45) is 0. The van der Waals surface area contributed by atoms with Gasteiger partial charge >= 0.3 is 0 Å². The molecule has 0 spiro atoms. The van der Waals surface area contributed by atoms with Crippen molar-refractivity contribution in [2.75, 3.05) is 0 Å². The second-order valence-corrected chi connectivity index (χ2v) is 8.34. The highest BCUT2D eigenvalue weighted by Crippen LogP contribution is 2.42. The van der Waals surface area contributed by atoms with Crippen LogP contribution in [-0.2, 0) is 5.75 Å². The van der Waals surface area contributed by atoms with E-state index in [1.54, 1.807) is 12.1 Å². The molecule has 0 saturated heterocycles. The minimum atomic E-state index is 0.427. The lowest BCUT2D eigenvalue weighted by Crippen LogP contribution is -1.82. The van der Waals surface area contributed by atoms with E-state index in [9.17, 15) is 0 Å². The number of hydrogen-bond donors (Lipinski definition) is 0. The lowest BCUT2D eigenvalue weighted by molar-refractivity contribution is 0.467. The average Bonchev–Trinajstić information content (AvgIpc) is 3.19. The molecule has 0 amide bonds. The number of thioether (sulfide) groups is 1. The molecule has 25 heavy (non-hydrogen) atoms. The van der Waals surface area contributed by atoms with Gasteiger partial charge in [0.2, 0.25) is 0 Å². The lowest BCUT2D eigenvalue weighted by Gasteiger charge is -2.02. The third kappa shape index (κ3) is 3.52. The Balaban J connectivity index is 1.56. The molecule has 0 atom stereocenters. The Kier molecular flexibility index (Phi) is 4.93. The molecule has 2 heterocycles. The summed E-state index contributed by atoms with van der Waals surface area (Å²) in [4.78, 5) is 0.784. The third-order valence-electron chi connectivity index (χ3n) is 3.50. The van der Waals surface area contributed by atoms with E-state index in [1.165, 1.54) is 23.1 Å². The molecule has 0 fully saturated rings. The number of thiophene rings is 1. The molecule has 2 aromatic heterocycles. The summed E-state index contributed by atoms with van der Waals surface area (Å²) < 4.78 is 6.85. The Bertz CT molecular complexity index is 1060. The Hall–Kier alpha value is -1.24. The van der Waals surface area contributed by atoms with Gasteiger partial charge in [-0.05, 0) is 23.8 Å². The summed E-state index contributed by atoms with van der Waals surface area (Å²) >= 11 is 21.5. The van der Waals surface area contributed by atoms with Gasteiger partial charge in [0.15, 0.2) is 0 Å². The van der Waals surface area contributed by atoms with Gasteiger partial charge in [-0.15, -0.1) is 21.5 Å². The van der Waals surface area contributed by atoms with Crippen molar-refractivity contribution < 1.29 is 4.42 Å². The van der Waals surface area contributed by atoms with Gasteiger partial charge in [-0.3, -0.25) is 0 Å². The topological polar surface area (TPSA) is 38.9 Å². The Labute approximate surface area is 166 Å². The van der Waals surface area contributed by atoms with E-state index in [0.717, 1.165) is 20.5 Å². The first kappa shape index (κ1) is 17.2. The maximum atomic E-state index is 6.46. The second kappa shape index (κ2) is 7.17. The molecule has 2 aromatic carbocycles. The fourth-order valence-electron chi connectivity index (χ4n) is 2.29. The van der Waals surface area contributed by atoms with E-state index in [2.05, 4.69) is 10.2 Å². The molecule has 0 radical (unpaired) electrons. The SMILES string of the molecule is Clc1ccc(CSc2nnc(-c3sc4ccccc4c3Cl)o2)c(Cl)c1. The van der Waals surface area contributed by atoms with Crippen molar-refractivity contribution in [2.45, 2.75) is 11.0 Å². The predicted octanol–water partition coefficient (Wildman–Crippen LogP) is 7.20. The standard InChI is InChI=1S/C17H9Cl3N2OS2/c18-10-6-5-9(12(19)7-10)8-24-17-22-21-16(23-17)15-14(20)11-3-1-2-4-13(11)25-15/h1-7H,8H2. The molecule has 0 aliphatic carbocycles. The number of hydrogen-bond acceptors (Lipinski definition) is 5. The zero-order chi connectivity index (χ0) is 17.4. The van der Waals surface area contributed by atoms with Gasteiger partial charge in [-0.25, -0.2) is 0 Å². The fourth-order valence-corrected chi connectivity index (χ4v) is 5.04. The van der Waals surface area contributed by atoms with Crippen LogP contribution >= 0.6 is 57.9 Å². The fraction of sp³-hybridized carbons (Fsp3) is 0.0588. The van der Waals surface area contributed by atoms with Gasteiger partial charge in [-0.1, -0.05) is 70.8 Å². The van der Waals surface area contributed by atoms with Crippen LogP contribution in [0.1, 0.15) is 5.56 Å². The second-order valence-electron chi connectivity index (χ2n) is 5.14. The van der Waals surface area contributed by atoms with E-state index in [-0.39, 0.29) is 0 Å². The molecule has 0 N–H and O–H groups in total. The highest BCUT2D eigenvalue weighted by atomic mass is 35.5. The van der Waals surface area contributed by atoms with Crippen LogP contribution < -0.4 is 0 Å². The van der Waals surface area contributed by atoms with Crippen LogP contribution in [0.3, 0.4) is 0 Å². The largest absolute Gasteiger partial charge is 0.410 e. The van der Waals surface area contributed by atoms with Gasteiger partial charge in [0.05, 0.1) is 5.02 Å². The maximum Gasteiger partial charge on any atom is 0.277 e. The maximum absolute atomic E-state index is 6.46. The molecule has 4 rings (SSSR count). The number of fused-ring (bicyclic) bond motifs is 1. The average molecular weight is 428 g/mol. The summed E-state index contributed by atoms with van der Waals surface area (Å²) in [5.74, 6) is 1.04. The van der Waals surface area contributed by atoms with Crippen LogP contribution in [0.25, 0.3) is 20.9 Å². The van der Waals surface area contributed by atoms with Gasteiger partial charge in [0.1, 0.15) is 4.88 Å². The van der Waals surface area contributed by atoms with E-state index >= 15 is 0 Å². The van der Waals surface area contributed by atoms with Crippen molar-refractivity contribution >= 4 is 68.0 Å². The van der Waals surface area contributed by atoms with E-state index < -0.39 is 0 Å². The van der Waals surface area contributed by atoms with E-state index in [1.807, 2.05) is 30.3 Å². The number of halogens is 3. The molecule has 0 aliphatic rings. The number of rotatable bonds is 4. The molecule has 126 valence electrons. The molecule has 0 saturated carbocycles. The van der Waals surface area contributed by atoms with Gasteiger partial charge < -0.3 is 4.42 Å². The Morgan fingerprint density at radius 3 is 2.68 bits per heavy atom. The van der Waals surface area contributed by atoms with Gasteiger partial charge in [-0.2, -0.15) is 0 Å². The summed E-state index contributed by atoms with van der Waals surface area (Å²) in [5.41, 5.74) is 0.954. The lowest BCUT2D eigenvalue weighted by atomic mass is 10.2. The number of aromatic nitrogens is 2. The van der Waals surface area contributed by atoms with Crippen LogP contribution in [0.5, 0.6) is 0 Å². The number of nitrogens with zero attached hydrogens (tertiary/aromatic N) is 2. The van der Waals surface area contributed by atoms with Crippen LogP contribution in [0.2, 0.25) is 15.1 Å². The predicted molar refractivity (Wildman–Crippen MR) is 106 cm³/mol. The number of benzene rings is 2. The molecule has 0 aliphatic heterocycles. The molecular formula is C17H9Cl3N2OS2. The zero-order valence-electron chi connectivity index (χ0n) is 12.5. The third-order valence-corrected chi connectivity index (χ3v) is 6.62. The first-order chi connectivity index (χ1) is 12.1. The van der Waals surface area contributed by atoms with Crippen molar-refractivity contribution in [3.63, 3.8) is 0 Å². The minimum absolute atomic E-state index is 0.427. The van der Waals surface area contributed by atoms with Gasteiger partial charge in [0, 0.05) is 25.9 Å². The van der Waals surface area contributed by atoms with Gasteiger partial charge in [0.25, 0.3) is 11.1 Å². The highest BCUT2D eigenvalue weighted by molar-refractivity contribution is 7.98. The summed E-state index contributed by atoms with van der Waals surface area (Å²) in [5, 5.41) is 11.5. The molecule has 0 bridgehead atoms. The molecular weight excluding hydrogens is 419 g/mol. The molecule has 8 heteroatoms. The Morgan fingerprint density at radius 2 is 1.88 bits per heavy atom. The quantitative estimate of drug-likeness (QED) is 0.323. The van der Waals surface area contributed by atoms with Crippen molar-refractivity contribution in [1.29, 1.82) is 0 Å². The Morgan fingerprint density at radius 1 is 1.04 bits per heavy atom. The first-order valence-corrected chi connectivity index (χ1v) is 10.1. The van der Waals surface area contributed by atoms with Crippen LogP contribution in [0.15, 0.2) is 52.1 Å². The highest BCUT2D eigenvalue weighted by Gasteiger charge is 2.18. The monoisotopic (exact) mass is 426 g/mol. The zero-order valence-corrected chi connectivity index (χ0v) is 16.4. The normalized spacial score (nSPS) is 11.3. The van der Waals surface area contributed by atoms with Crippen LogP contribution in [0.4, 0.5) is 0 Å². The summed E-state index contributed by atoms with van der Waals surface area (Å²) in [6, 6.07) is 13.3. The van der Waals surface area contributed by atoms with E-state index in [0.29, 0.717) is 31.9 Å². The van der Waals surface area contributed by atoms with Crippen molar-refractivity contribution in [2.24, 2.45) is 0 Å². The molecule has 4 aromatic rings. The van der Waals surface area contributed by atoms with E-state index in [4.69, 9.17) is 39.2 Å². The van der Waals surface area contributed by atoms with Crippen molar-refractivity contribution in [3.05, 3.63) is 63.1 Å². The van der Waals surface area contributed by atoms with Crippen LogP contribution in [-0.4, -0.2) is 10.2 Å². The summed E-state index contributed by atoms with van der Waals surface area (Å²) in [7, 11) is 0. The van der Waals surface area contributed by atoms with Crippen LogP contribution in [0, 0.1) is 0 Å². The van der Waals surface area contributed by atoms with Crippen molar-refractivity contribution in [3.8, 4) is 10.8 Å². The van der Waals surface area contributed by atoms with Crippen molar-refractivity contribution in [1.82, 2.24) is 10.2 Å². The first-order valence-electron chi connectivity index (χ1n) is 7.19. The molecule has 0 unspecified atom stereocenters. The molecule has 3 nitrogen and oxygen atoms in total. The summed E-state index contributed by atoms with van der Waals surface area (Å²) in [6.45, 7) is 0. The smallest absolute Gasteiger partial charge is 0.277 e.